The first-order chi connectivity index (χ1) is 12.7. The van der Waals surface area contributed by atoms with E-state index in [1.54, 1.807) is 4.90 Å². The molecule has 146 valence electrons. The monoisotopic (exact) mass is 417 g/mol. The minimum atomic E-state index is -4.50. The molecule has 3 rings (SSSR count). The summed E-state index contributed by atoms with van der Waals surface area (Å²) in [6.07, 6.45) is -2.46. The number of carbonyl (C=O) groups is 1. The number of benzene rings is 1. The number of alkyl halides is 3. The Morgan fingerprint density at radius 3 is 2.63 bits per heavy atom. The number of carboxylic acid groups (broad SMARTS) is 1. The van der Waals surface area contributed by atoms with Crippen molar-refractivity contribution in [1.29, 1.82) is 0 Å². The molecule has 0 amide bonds. The Morgan fingerprint density at radius 1 is 1.30 bits per heavy atom. The number of halogens is 4. The molecule has 2 atom stereocenters. The molecule has 1 fully saturated rings. The van der Waals surface area contributed by atoms with Gasteiger partial charge in [0.1, 0.15) is 6.04 Å². The largest absolute Gasteiger partial charge is 0.480 e. The number of likely N-dealkylation sites (tertiary alicyclic amines) is 1. The van der Waals surface area contributed by atoms with Crippen LogP contribution in [0, 0.1) is 6.92 Å². The molecule has 2 unspecified atom stereocenters. The van der Waals surface area contributed by atoms with E-state index in [-0.39, 0.29) is 5.02 Å². The van der Waals surface area contributed by atoms with Crippen LogP contribution in [-0.2, 0) is 11.0 Å². The van der Waals surface area contributed by atoms with E-state index in [9.17, 15) is 23.1 Å². The van der Waals surface area contributed by atoms with Crippen LogP contribution in [0.4, 0.5) is 13.2 Å². The summed E-state index contributed by atoms with van der Waals surface area (Å²) in [4.78, 5) is 15.4. The zero-order chi connectivity index (χ0) is 19.8. The molecule has 0 saturated carbocycles. The van der Waals surface area contributed by atoms with Crippen molar-refractivity contribution in [2.45, 2.75) is 44.4 Å². The smallest absolute Gasteiger partial charge is 0.416 e. The summed E-state index contributed by atoms with van der Waals surface area (Å²) < 4.78 is 39.8. The van der Waals surface area contributed by atoms with E-state index < -0.39 is 29.8 Å². The average Bonchev–Trinajstić information content (AvgIpc) is 3.02. The lowest BCUT2D eigenvalue weighted by Gasteiger charge is -2.39. The normalized spacial score (nSPS) is 19.8. The van der Waals surface area contributed by atoms with Gasteiger partial charge in [0.15, 0.2) is 0 Å². The van der Waals surface area contributed by atoms with Crippen LogP contribution in [0.5, 0.6) is 0 Å². The van der Waals surface area contributed by atoms with Crippen LogP contribution in [0.2, 0.25) is 5.02 Å². The Balaban J connectivity index is 2.15. The molecule has 1 aliphatic rings. The topological polar surface area (TPSA) is 40.5 Å². The van der Waals surface area contributed by atoms with Gasteiger partial charge in [-0.25, -0.2) is 0 Å². The molecule has 1 aromatic heterocycles. The van der Waals surface area contributed by atoms with E-state index in [1.807, 2.05) is 19.1 Å². The van der Waals surface area contributed by atoms with Gasteiger partial charge < -0.3 is 5.11 Å². The van der Waals surface area contributed by atoms with Crippen molar-refractivity contribution in [2.75, 3.05) is 6.54 Å². The Kier molecular flexibility index (Phi) is 5.84. The first-order valence-electron chi connectivity index (χ1n) is 8.60. The van der Waals surface area contributed by atoms with Crippen LogP contribution in [-0.4, -0.2) is 28.6 Å². The molecule has 1 saturated heterocycles. The molecule has 8 heteroatoms. The lowest BCUT2D eigenvalue weighted by molar-refractivity contribution is -0.145. The quantitative estimate of drug-likeness (QED) is 0.687. The molecule has 27 heavy (non-hydrogen) atoms. The average molecular weight is 418 g/mol. The van der Waals surface area contributed by atoms with Crippen molar-refractivity contribution >= 4 is 28.9 Å². The van der Waals surface area contributed by atoms with Gasteiger partial charge in [-0.1, -0.05) is 18.0 Å². The molecule has 0 aliphatic carbocycles. The summed E-state index contributed by atoms with van der Waals surface area (Å²) in [6.45, 7) is 2.40. The maximum Gasteiger partial charge on any atom is 0.416 e. The van der Waals surface area contributed by atoms with Crippen molar-refractivity contribution in [2.24, 2.45) is 0 Å². The van der Waals surface area contributed by atoms with E-state index in [0.29, 0.717) is 18.5 Å². The van der Waals surface area contributed by atoms with Gasteiger partial charge in [-0.2, -0.15) is 13.2 Å². The van der Waals surface area contributed by atoms with E-state index in [2.05, 4.69) is 0 Å². The summed E-state index contributed by atoms with van der Waals surface area (Å²) >= 11 is 7.75. The van der Waals surface area contributed by atoms with Crippen LogP contribution in [0.1, 0.15) is 46.2 Å². The molecule has 0 radical (unpaired) electrons. The third kappa shape index (κ3) is 4.31. The minimum absolute atomic E-state index is 0.203. The zero-order valence-electron chi connectivity index (χ0n) is 14.6. The highest BCUT2D eigenvalue weighted by molar-refractivity contribution is 7.12. The lowest BCUT2D eigenvalue weighted by atomic mass is 9.94. The van der Waals surface area contributed by atoms with Crippen molar-refractivity contribution in [3.8, 4) is 0 Å². The van der Waals surface area contributed by atoms with E-state index >= 15 is 0 Å². The maximum absolute atomic E-state index is 13.3. The third-order valence-corrected chi connectivity index (χ3v) is 6.21. The molecular formula is C19H19ClF3NO2S. The highest BCUT2D eigenvalue weighted by atomic mass is 35.5. The number of rotatable bonds is 4. The maximum atomic E-state index is 13.3. The van der Waals surface area contributed by atoms with Gasteiger partial charge in [0.05, 0.1) is 11.6 Å². The predicted molar refractivity (Wildman–Crippen MR) is 99.3 cm³/mol. The van der Waals surface area contributed by atoms with Gasteiger partial charge in [-0.15, -0.1) is 11.3 Å². The summed E-state index contributed by atoms with van der Waals surface area (Å²) in [6, 6.07) is 5.59. The summed E-state index contributed by atoms with van der Waals surface area (Å²) in [5, 5.41) is 9.86. The highest BCUT2D eigenvalue weighted by Crippen LogP contribution is 2.42. The Hall–Kier alpha value is -1.57. The number of nitrogens with zero attached hydrogens (tertiary/aromatic N) is 1. The fourth-order valence-corrected chi connectivity index (χ4v) is 4.79. The second-order valence-electron chi connectivity index (χ2n) is 6.67. The molecule has 1 aliphatic heterocycles. The molecule has 0 spiro atoms. The fraction of sp³-hybridized carbons (Fsp3) is 0.421. The second-order valence-corrected chi connectivity index (χ2v) is 8.40. The molecule has 1 aromatic carbocycles. The van der Waals surface area contributed by atoms with Crippen LogP contribution >= 0.6 is 22.9 Å². The SMILES string of the molecule is Cc1ccc(C(c2cc(C(F)(F)F)ccc2Cl)N2CCCCC2C(=O)O)s1. The second kappa shape index (κ2) is 7.81. The predicted octanol–water partition coefficient (Wildman–Crippen LogP) is 5.76. The van der Waals surface area contributed by atoms with Crippen LogP contribution in [0.25, 0.3) is 0 Å². The first kappa shape index (κ1) is 20.2. The first-order valence-corrected chi connectivity index (χ1v) is 9.79. The molecule has 2 aromatic rings. The summed E-state index contributed by atoms with van der Waals surface area (Å²) in [5.74, 6) is -0.962. The third-order valence-electron chi connectivity index (χ3n) is 4.81. The molecule has 1 N–H and O–H groups in total. The van der Waals surface area contributed by atoms with Gasteiger partial charge in [-0.05, 0) is 62.2 Å². The van der Waals surface area contributed by atoms with E-state index in [1.165, 1.54) is 17.4 Å². The van der Waals surface area contributed by atoms with E-state index in [0.717, 1.165) is 34.7 Å². The summed E-state index contributed by atoms with van der Waals surface area (Å²) in [5.41, 5.74) is -0.495. The lowest BCUT2D eigenvalue weighted by Crippen LogP contribution is -2.46. The number of aryl methyl sites for hydroxylation is 1. The molecule has 2 heterocycles. The molecule has 3 nitrogen and oxygen atoms in total. The van der Waals surface area contributed by atoms with Crippen molar-refractivity contribution in [3.05, 3.63) is 56.2 Å². The van der Waals surface area contributed by atoms with Gasteiger partial charge in [0, 0.05) is 14.8 Å². The Labute approximate surface area is 164 Å². The zero-order valence-corrected chi connectivity index (χ0v) is 16.2. The van der Waals surface area contributed by atoms with Gasteiger partial charge in [0.2, 0.25) is 0 Å². The van der Waals surface area contributed by atoms with Gasteiger partial charge in [-0.3, -0.25) is 9.69 Å². The van der Waals surface area contributed by atoms with Crippen LogP contribution in [0.3, 0.4) is 0 Å². The summed E-state index contributed by atoms with van der Waals surface area (Å²) in [7, 11) is 0. The standard InChI is InChI=1S/C19H19ClF3NO2S/c1-11-5-8-16(27-11)17(24-9-3-2-4-15(24)18(25)26)13-10-12(19(21,22)23)6-7-14(13)20/h5-8,10,15,17H,2-4,9H2,1H3,(H,25,26). The molecule has 0 bridgehead atoms. The fourth-order valence-electron chi connectivity index (χ4n) is 3.55. The Bertz CT molecular complexity index is 837. The molecular weight excluding hydrogens is 399 g/mol. The number of hydrogen-bond acceptors (Lipinski definition) is 3. The highest BCUT2D eigenvalue weighted by Gasteiger charge is 2.38. The number of aliphatic carboxylic acids is 1. The number of piperidine rings is 1. The van der Waals surface area contributed by atoms with Crippen molar-refractivity contribution in [3.63, 3.8) is 0 Å². The van der Waals surface area contributed by atoms with Crippen molar-refractivity contribution in [1.82, 2.24) is 4.90 Å². The van der Waals surface area contributed by atoms with Gasteiger partial charge in [0.25, 0.3) is 0 Å². The van der Waals surface area contributed by atoms with Crippen LogP contribution in [0.15, 0.2) is 30.3 Å². The van der Waals surface area contributed by atoms with Crippen LogP contribution < -0.4 is 0 Å². The van der Waals surface area contributed by atoms with E-state index in [4.69, 9.17) is 11.6 Å². The number of thiophene rings is 1. The van der Waals surface area contributed by atoms with Gasteiger partial charge >= 0.3 is 12.1 Å². The van der Waals surface area contributed by atoms with Crippen molar-refractivity contribution < 1.29 is 23.1 Å². The number of carboxylic acids is 1. The Morgan fingerprint density at radius 2 is 2.04 bits per heavy atom. The minimum Gasteiger partial charge on any atom is -0.480 e. The number of hydrogen-bond donors (Lipinski definition) is 1.